The molecule has 1 fully saturated rings. The Balaban J connectivity index is 1.93. The van der Waals surface area contributed by atoms with E-state index in [2.05, 4.69) is 24.8 Å². The molecular formula is C22H26F2O. The van der Waals surface area contributed by atoms with E-state index in [0.717, 1.165) is 42.0 Å². The van der Waals surface area contributed by atoms with Crippen molar-refractivity contribution in [2.24, 2.45) is 5.92 Å². The molecule has 0 aromatic heterocycles. The third kappa shape index (κ3) is 4.02. The highest BCUT2D eigenvalue weighted by atomic mass is 19.3. The molecule has 0 aliphatic heterocycles. The zero-order chi connectivity index (χ0) is 17.8. The van der Waals surface area contributed by atoms with Crippen molar-refractivity contribution >= 4 is 10.8 Å². The fourth-order valence-electron chi connectivity index (χ4n) is 4.00. The molecule has 0 saturated heterocycles. The summed E-state index contributed by atoms with van der Waals surface area (Å²) in [4.78, 5) is 0. The van der Waals surface area contributed by atoms with Gasteiger partial charge in [-0.15, -0.1) is 6.58 Å². The standard InChI is InChI=1S/C22H26F2O/c1-3-5-17-10-11-19-14-18(16-8-6-15(4-2)7-9-16)12-13-20(19)21(17)25-22(23)24/h4,10-16,22H,2-3,5-9H2,1H3. The van der Waals surface area contributed by atoms with Crippen LogP contribution in [0.4, 0.5) is 8.78 Å². The van der Waals surface area contributed by atoms with Crippen molar-refractivity contribution in [1.82, 2.24) is 0 Å². The molecule has 25 heavy (non-hydrogen) atoms. The molecule has 0 unspecified atom stereocenters. The van der Waals surface area contributed by atoms with E-state index in [0.29, 0.717) is 17.6 Å². The lowest BCUT2D eigenvalue weighted by Gasteiger charge is -2.27. The van der Waals surface area contributed by atoms with E-state index < -0.39 is 6.61 Å². The first-order valence-corrected chi connectivity index (χ1v) is 9.25. The van der Waals surface area contributed by atoms with E-state index in [1.807, 2.05) is 25.1 Å². The van der Waals surface area contributed by atoms with Gasteiger partial charge in [0.05, 0.1) is 0 Å². The lowest BCUT2D eigenvalue weighted by molar-refractivity contribution is -0.0493. The monoisotopic (exact) mass is 344 g/mol. The van der Waals surface area contributed by atoms with Gasteiger partial charge >= 0.3 is 6.61 Å². The topological polar surface area (TPSA) is 9.23 Å². The Bertz CT molecular complexity index is 730. The molecule has 1 aliphatic rings. The predicted octanol–water partition coefficient (Wildman–Crippen LogP) is 6.85. The van der Waals surface area contributed by atoms with Crippen LogP contribution in [0.5, 0.6) is 5.75 Å². The van der Waals surface area contributed by atoms with Gasteiger partial charge in [0.2, 0.25) is 0 Å². The van der Waals surface area contributed by atoms with Gasteiger partial charge in [-0.3, -0.25) is 0 Å². The number of benzene rings is 2. The molecule has 2 aromatic carbocycles. The number of ether oxygens (including phenoxy) is 1. The number of hydrogen-bond donors (Lipinski definition) is 0. The van der Waals surface area contributed by atoms with Crippen LogP contribution in [0.15, 0.2) is 43.0 Å². The highest BCUT2D eigenvalue weighted by Crippen LogP contribution is 2.39. The molecule has 0 N–H and O–H groups in total. The summed E-state index contributed by atoms with van der Waals surface area (Å²) in [5, 5.41) is 1.77. The Kier molecular flexibility index (Phi) is 5.72. The van der Waals surface area contributed by atoms with Crippen molar-refractivity contribution in [2.45, 2.75) is 58.0 Å². The average Bonchev–Trinajstić information content (AvgIpc) is 2.63. The molecular weight excluding hydrogens is 318 g/mol. The molecule has 1 saturated carbocycles. The maximum Gasteiger partial charge on any atom is 0.387 e. The van der Waals surface area contributed by atoms with Crippen LogP contribution in [0.1, 0.15) is 56.1 Å². The van der Waals surface area contributed by atoms with Crippen molar-refractivity contribution < 1.29 is 13.5 Å². The summed E-state index contributed by atoms with van der Waals surface area (Å²) in [5.41, 5.74) is 2.16. The summed E-state index contributed by atoms with van der Waals surface area (Å²) in [5.74, 6) is 1.53. The van der Waals surface area contributed by atoms with Crippen LogP contribution >= 0.6 is 0 Å². The van der Waals surface area contributed by atoms with E-state index in [4.69, 9.17) is 4.74 Å². The number of halogens is 2. The highest BCUT2D eigenvalue weighted by Gasteiger charge is 2.21. The molecule has 2 aromatic rings. The van der Waals surface area contributed by atoms with E-state index in [1.165, 1.54) is 18.4 Å². The minimum atomic E-state index is -2.80. The predicted molar refractivity (Wildman–Crippen MR) is 99.5 cm³/mol. The Morgan fingerprint density at radius 2 is 1.92 bits per heavy atom. The average molecular weight is 344 g/mol. The van der Waals surface area contributed by atoms with Crippen molar-refractivity contribution in [2.75, 3.05) is 0 Å². The summed E-state index contributed by atoms with van der Waals surface area (Å²) >= 11 is 0. The number of allylic oxidation sites excluding steroid dienone is 1. The largest absolute Gasteiger partial charge is 0.434 e. The van der Waals surface area contributed by atoms with Crippen molar-refractivity contribution in [3.05, 3.63) is 54.1 Å². The minimum absolute atomic E-state index is 0.344. The van der Waals surface area contributed by atoms with Crippen molar-refractivity contribution in [3.8, 4) is 5.75 Å². The Morgan fingerprint density at radius 3 is 2.56 bits per heavy atom. The molecule has 0 spiro atoms. The van der Waals surface area contributed by atoms with Gasteiger partial charge in [0.15, 0.2) is 0 Å². The lowest BCUT2D eigenvalue weighted by atomic mass is 9.78. The molecule has 0 bridgehead atoms. The summed E-state index contributed by atoms with van der Waals surface area (Å²) in [6.07, 6.45) is 8.40. The smallest absolute Gasteiger partial charge is 0.387 e. The zero-order valence-corrected chi connectivity index (χ0v) is 14.8. The van der Waals surface area contributed by atoms with Crippen LogP contribution < -0.4 is 4.74 Å². The van der Waals surface area contributed by atoms with E-state index in [1.54, 1.807) is 0 Å². The second kappa shape index (κ2) is 7.99. The summed E-state index contributed by atoms with van der Waals surface area (Å²) in [6, 6.07) is 10.2. The van der Waals surface area contributed by atoms with Crippen LogP contribution in [0.25, 0.3) is 10.8 Å². The van der Waals surface area contributed by atoms with Crippen molar-refractivity contribution in [3.63, 3.8) is 0 Å². The number of alkyl halides is 2. The molecule has 0 radical (unpaired) electrons. The fraction of sp³-hybridized carbons (Fsp3) is 0.455. The summed E-state index contributed by atoms with van der Waals surface area (Å²) in [7, 11) is 0. The molecule has 3 heteroatoms. The lowest BCUT2D eigenvalue weighted by Crippen LogP contribution is -2.11. The first-order valence-electron chi connectivity index (χ1n) is 9.25. The van der Waals surface area contributed by atoms with Gasteiger partial charge in [-0.25, -0.2) is 0 Å². The molecule has 0 amide bonds. The first kappa shape index (κ1) is 17.9. The third-order valence-electron chi connectivity index (χ3n) is 5.38. The normalized spacial score (nSPS) is 20.8. The van der Waals surface area contributed by atoms with Gasteiger partial charge in [0.1, 0.15) is 5.75 Å². The number of rotatable bonds is 6. The van der Waals surface area contributed by atoms with Gasteiger partial charge in [-0.2, -0.15) is 8.78 Å². The van der Waals surface area contributed by atoms with Gasteiger partial charge < -0.3 is 4.74 Å². The summed E-state index contributed by atoms with van der Waals surface area (Å²) in [6.45, 7) is 3.15. The molecule has 3 rings (SSSR count). The highest BCUT2D eigenvalue weighted by molar-refractivity contribution is 5.90. The SMILES string of the molecule is C=CC1CCC(c2ccc3c(OC(F)F)c(CCC)ccc3c2)CC1. The molecule has 134 valence electrons. The summed E-state index contributed by atoms with van der Waals surface area (Å²) < 4.78 is 30.6. The van der Waals surface area contributed by atoms with Crippen LogP contribution in [0.3, 0.4) is 0 Å². The Hall–Kier alpha value is -1.90. The first-order chi connectivity index (χ1) is 12.1. The fourth-order valence-corrected chi connectivity index (χ4v) is 4.00. The Morgan fingerprint density at radius 1 is 1.16 bits per heavy atom. The van der Waals surface area contributed by atoms with Crippen LogP contribution in [-0.4, -0.2) is 6.61 Å². The number of aryl methyl sites for hydroxylation is 1. The van der Waals surface area contributed by atoms with E-state index in [-0.39, 0.29) is 0 Å². The molecule has 1 nitrogen and oxygen atoms in total. The molecule has 0 heterocycles. The van der Waals surface area contributed by atoms with Gasteiger partial charge in [0, 0.05) is 5.39 Å². The number of hydrogen-bond acceptors (Lipinski definition) is 1. The minimum Gasteiger partial charge on any atom is -0.434 e. The number of fused-ring (bicyclic) bond motifs is 1. The van der Waals surface area contributed by atoms with Crippen LogP contribution in [0.2, 0.25) is 0 Å². The maximum absolute atomic E-state index is 12.9. The van der Waals surface area contributed by atoms with Crippen LogP contribution in [-0.2, 0) is 6.42 Å². The van der Waals surface area contributed by atoms with Crippen molar-refractivity contribution in [1.29, 1.82) is 0 Å². The molecule has 1 aliphatic carbocycles. The van der Waals surface area contributed by atoms with Gasteiger partial charge in [0.25, 0.3) is 0 Å². The van der Waals surface area contributed by atoms with Gasteiger partial charge in [-0.1, -0.05) is 49.8 Å². The van der Waals surface area contributed by atoms with E-state index in [9.17, 15) is 8.78 Å². The third-order valence-corrected chi connectivity index (χ3v) is 5.38. The van der Waals surface area contributed by atoms with Gasteiger partial charge in [-0.05, 0) is 60.5 Å². The van der Waals surface area contributed by atoms with Crippen LogP contribution in [0, 0.1) is 5.92 Å². The van der Waals surface area contributed by atoms with E-state index >= 15 is 0 Å². The maximum atomic E-state index is 12.9. The second-order valence-corrected chi connectivity index (χ2v) is 7.01. The Labute approximate surface area is 148 Å². The quantitative estimate of drug-likeness (QED) is 0.520. The zero-order valence-electron chi connectivity index (χ0n) is 14.8. The second-order valence-electron chi connectivity index (χ2n) is 7.01. The molecule has 0 atom stereocenters.